The van der Waals surface area contributed by atoms with Gasteiger partial charge in [0.05, 0.1) is 6.54 Å². The molecule has 0 spiro atoms. The van der Waals surface area contributed by atoms with Crippen LogP contribution in [0.1, 0.15) is 19.7 Å². The third-order valence-corrected chi connectivity index (χ3v) is 2.42. The van der Waals surface area contributed by atoms with Gasteiger partial charge in [-0.25, -0.2) is 0 Å². The predicted molar refractivity (Wildman–Crippen MR) is 51.7 cm³/mol. The van der Waals surface area contributed by atoms with Gasteiger partial charge >= 0.3 is 0 Å². The van der Waals surface area contributed by atoms with E-state index in [0.29, 0.717) is 0 Å². The fourth-order valence-corrected chi connectivity index (χ4v) is 1.84. The molecule has 2 rings (SSSR count). The van der Waals surface area contributed by atoms with Crippen LogP contribution in [0.15, 0.2) is 10.9 Å². The molecule has 0 aromatic carbocycles. The molecule has 0 radical (unpaired) electrons. The molecule has 1 fully saturated rings. The Bertz CT molecular complexity index is 283. The molecule has 0 amide bonds. The average Bonchev–Trinajstić information content (AvgIpc) is 2.54. The smallest absolute Gasteiger partial charge is 0.213 e. The Labute approximate surface area is 83.5 Å². The van der Waals surface area contributed by atoms with Crippen LogP contribution in [0.25, 0.3) is 0 Å². The van der Waals surface area contributed by atoms with Gasteiger partial charge in [0.25, 0.3) is 0 Å². The van der Waals surface area contributed by atoms with E-state index in [1.54, 1.807) is 0 Å². The van der Waals surface area contributed by atoms with E-state index in [1.807, 2.05) is 0 Å². The highest BCUT2D eigenvalue weighted by Gasteiger charge is 2.26. The Morgan fingerprint density at radius 3 is 3.14 bits per heavy atom. The summed E-state index contributed by atoms with van der Waals surface area (Å²) >= 11 is 0. The number of hydrogen-bond acceptors (Lipinski definition) is 5. The van der Waals surface area contributed by atoms with Crippen molar-refractivity contribution in [1.29, 1.82) is 0 Å². The van der Waals surface area contributed by atoms with Gasteiger partial charge < -0.3 is 9.84 Å². The molecule has 5 nitrogen and oxygen atoms in total. The van der Waals surface area contributed by atoms with E-state index in [1.165, 1.54) is 6.39 Å². The third kappa shape index (κ3) is 2.30. The van der Waals surface area contributed by atoms with E-state index in [0.717, 1.165) is 32.0 Å². The van der Waals surface area contributed by atoms with Crippen molar-refractivity contribution in [2.45, 2.75) is 25.9 Å². The number of rotatable bonds is 2. The van der Waals surface area contributed by atoms with E-state index in [2.05, 4.69) is 34.2 Å². The summed E-state index contributed by atoms with van der Waals surface area (Å²) in [4.78, 5) is 6.35. The summed E-state index contributed by atoms with van der Waals surface area (Å²) in [6.45, 7) is 8.26. The van der Waals surface area contributed by atoms with Gasteiger partial charge in [0, 0.05) is 25.2 Å². The Balaban J connectivity index is 1.92. The van der Waals surface area contributed by atoms with Crippen molar-refractivity contribution >= 4 is 0 Å². The molecule has 2 heterocycles. The molecule has 0 atom stereocenters. The molecule has 1 N–H and O–H groups in total. The van der Waals surface area contributed by atoms with E-state index in [-0.39, 0.29) is 5.54 Å². The first kappa shape index (κ1) is 9.61. The van der Waals surface area contributed by atoms with Gasteiger partial charge in [0.15, 0.2) is 5.82 Å². The molecule has 1 aromatic heterocycles. The highest BCUT2D eigenvalue weighted by Crippen LogP contribution is 2.11. The molecule has 1 aliphatic heterocycles. The summed E-state index contributed by atoms with van der Waals surface area (Å²) in [7, 11) is 0. The topological polar surface area (TPSA) is 54.2 Å². The number of hydrogen-bond donors (Lipinski definition) is 1. The highest BCUT2D eigenvalue weighted by atomic mass is 16.5. The molecule has 78 valence electrons. The summed E-state index contributed by atoms with van der Waals surface area (Å²) in [5, 5.41) is 7.27. The van der Waals surface area contributed by atoms with Crippen molar-refractivity contribution in [2.75, 3.05) is 19.6 Å². The van der Waals surface area contributed by atoms with Crippen molar-refractivity contribution in [3.05, 3.63) is 12.2 Å². The van der Waals surface area contributed by atoms with Gasteiger partial charge in [-0.15, -0.1) is 0 Å². The van der Waals surface area contributed by atoms with Crippen LogP contribution < -0.4 is 5.32 Å². The molecule has 1 saturated heterocycles. The van der Waals surface area contributed by atoms with Crippen LogP contribution in [0.3, 0.4) is 0 Å². The fourth-order valence-electron chi connectivity index (χ4n) is 1.84. The van der Waals surface area contributed by atoms with Gasteiger partial charge in [-0.1, -0.05) is 5.16 Å². The minimum Gasteiger partial charge on any atom is -0.343 e. The lowest BCUT2D eigenvalue weighted by molar-refractivity contribution is 0.144. The molecule has 0 aliphatic carbocycles. The van der Waals surface area contributed by atoms with E-state index in [4.69, 9.17) is 4.52 Å². The lowest BCUT2D eigenvalue weighted by Crippen LogP contribution is -2.56. The third-order valence-electron chi connectivity index (χ3n) is 2.42. The second-order valence-electron chi connectivity index (χ2n) is 4.37. The van der Waals surface area contributed by atoms with E-state index >= 15 is 0 Å². The van der Waals surface area contributed by atoms with Crippen LogP contribution in [0, 0.1) is 0 Å². The molecule has 1 aromatic rings. The van der Waals surface area contributed by atoms with Crippen LogP contribution in [-0.4, -0.2) is 40.2 Å². The van der Waals surface area contributed by atoms with E-state index < -0.39 is 0 Å². The summed E-state index contributed by atoms with van der Waals surface area (Å²) in [6.07, 6.45) is 1.38. The van der Waals surface area contributed by atoms with Gasteiger partial charge in [-0.05, 0) is 13.8 Å². The Morgan fingerprint density at radius 1 is 1.64 bits per heavy atom. The standard InChI is InChI=1S/C9H16N4O/c1-9(2)6-13(4-3-11-9)5-8-10-7-14-12-8/h7,11H,3-6H2,1-2H3. The largest absolute Gasteiger partial charge is 0.343 e. The van der Waals surface area contributed by atoms with Gasteiger partial charge in [-0.3, -0.25) is 4.90 Å². The maximum Gasteiger partial charge on any atom is 0.213 e. The first-order valence-electron chi connectivity index (χ1n) is 4.88. The maximum absolute atomic E-state index is 4.70. The van der Waals surface area contributed by atoms with Crippen LogP contribution in [0.5, 0.6) is 0 Å². The number of aromatic nitrogens is 2. The highest BCUT2D eigenvalue weighted by molar-refractivity contribution is 4.89. The zero-order chi connectivity index (χ0) is 10.0. The molecule has 14 heavy (non-hydrogen) atoms. The Morgan fingerprint density at radius 2 is 2.50 bits per heavy atom. The fraction of sp³-hybridized carbons (Fsp3) is 0.778. The van der Waals surface area contributed by atoms with Crippen molar-refractivity contribution in [2.24, 2.45) is 0 Å². The predicted octanol–water partition coefficient (Wildman–Crippen LogP) is 0.253. The van der Waals surface area contributed by atoms with Gasteiger partial charge in [0.1, 0.15) is 0 Å². The van der Waals surface area contributed by atoms with Crippen molar-refractivity contribution < 1.29 is 4.52 Å². The number of nitrogens with one attached hydrogen (secondary N) is 1. The van der Waals surface area contributed by atoms with Gasteiger partial charge in [0.2, 0.25) is 6.39 Å². The summed E-state index contributed by atoms with van der Waals surface area (Å²) in [6, 6.07) is 0. The molecular formula is C9H16N4O. The minimum atomic E-state index is 0.183. The van der Waals surface area contributed by atoms with Crippen molar-refractivity contribution in [3.8, 4) is 0 Å². The second-order valence-corrected chi connectivity index (χ2v) is 4.37. The minimum absolute atomic E-state index is 0.183. The zero-order valence-corrected chi connectivity index (χ0v) is 8.66. The average molecular weight is 196 g/mol. The lowest BCUT2D eigenvalue weighted by Gasteiger charge is -2.38. The van der Waals surface area contributed by atoms with Crippen LogP contribution in [0.2, 0.25) is 0 Å². The second kappa shape index (κ2) is 3.67. The van der Waals surface area contributed by atoms with Crippen LogP contribution in [-0.2, 0) is 6.54 Å². The quantitative estimate of drug-likeness (QED) is 0.735. The maximum atomic E-state index is 4.70. The first-order chi connectivity index (χ1) is 6.66. The Hall–Kier alpha value is -0.940. The van der Waals surface area contributed by atoms with Gasteiger partial charge in [-0.2, -0.15) is 4.98 Å². The zero-order valence-electron chi connectivity index (χ0n) is 8.66. The molecule has 0 unspecified atom stereocenters. The van der Waals surface area contributed by atoms with Crippen LogP contribution in [0.4, 0.5) is 0 Å². The van der Waals surface area contributed by atoms with Crippen LogP contribution >= 0.6 is 0 Å². The molecule has 5 heteroatoms. The SMILES string of the molecule is CC1(C)CN(Cc2ncon2)CCN1. The monoisotopic (exact) mass is 196 g/mol. The summed E-state index contributed by atoms with van der Waals surface area (Å²) in [5.41, 5.74) is 0.183. The summed E-state index contributed by atoms with van der Waals surface area (Å²) in [5.74, 6) is 0.766. The summed E-state index contributed by atoms with van der Waals surface area (Å²) < 4.78 is 4.70. The molecule has 0 saturated carbocycles. The molecule has 1 aliphatic rings. The first-order valence-corrected chi connectivity index (χ1v) is 4.88. The van der Waals surface area contributed by atoms with Crippen molar-refractivity contribution in [1.82, 2.24) is 20.4 Å². The Kier molecular flexibility index (Phi) is 2.52. The molecule has 0 bridgehead atoms. The normalized spacial score (nSPS) is 22.4. The lowest BCUT2D eigenvalue weighted by atomic mass is 10.0. The molecular weight excluding hydrogens is 180 g/mol. The number of piperazine rings is 1. The number of nitrogens with zero attached hydrogens (tertiary/aromatic N) is 3. The van der Waals surface area contributed by atoms with E-state index in [9.17, 15) is 0 Å². The van der Waals surface area contributed by atoms with Crippen molar-refractivity contribution in [3.63, 3.8) is 0 Å².